The zero-order valence-corrected chi connectivity index (χ0v) is 24.4. The van der Waals surface area contributed by atoms with E-state index in [0.717, 1.165) is 31.9 Å². The Balaban J connectivity index is 1.52. The number of anilines is 5. The third-order valence-electron chi connectivity index (χ3n) is 7.53. The lowest BCUT2D eigenvalue weighted by molar-refractivity contribution is 0.277. The third kappa shape index (κ3) is 7.34. The molecule has 1 aromatic carbocycles. The molecule has 0 amide bonds. The lowest BCUT2D eigenvalue weighted by Gasteiger charge is -2.23. The summed E-state index contributed by atoms with van der Waals surface area (Å²) < 4.78 is 1.21. The van der Waals surface area contributed by atoms with E-state index in [2.05, 4.69) is 87.3 Å². The maximum Gasteiger partial charge on any atom is 0.233 e. The van der Waals surface area contributed by atoms with Crippen molar-refractivity contribution in [2.75, 3.05) is 53.6 Å². The topological polar surface area (TPSA) is 81.2 Å². The average Bonchev–Trinajstić information content (AvgIpc) is 3.19. The first-order chi connectivity index (χ1) is 17.6. The van der Waals surface area contributed by atoms with Crippen LogP contribution in [0.2, 0.25) is 0 Å². The average molecular weight is 607 g/mol. The number of hydrogen-bond acceptors (Lipinski definition) is 8. The predicted molar refractivity (Wildman–Crippen MR) is 160 cm³/mol. The van der Waals surface area contributed by atoms with Gasteiger partial charge in [-0.1, -0.05) is 32.6 Å². The Morgan fingerprint density at radius 1 is 0.917 bits per heavy atom. The molecule has 0 bridgehead atoms. The molecule has 1 unspecified atom stereocenters. The standard InChI is InChI=1S/C27H43IN8/c1-4-35(5-2)24-16-15-21(18-23(24)28)31-27-33-25(29-19-22-14-11-17-36(22)6-3)32-26(34-27)30-20-12-9-7-8-10-13-20/h15-16,18,20,22H,4-14,17,19H2,1-3H3,(H3,29,30,31,32,33,34). The molecule has 1 aliphatic heterocycles. The van der Waals surface area contributed by atoms with E-state index < -0.39 is 0 Å². The third-order valence-corrected chi connectivity index (χ3v) is 8.40. The number of likely N-dealkylation sites (N-methyl/N-ethyl adjacent to an activating group) is 1. The van der Waals surface area contributed by atoms with E-state index in [4.69, 9.17) is 15.0 Å². The SMILES string of the molecule is CCN(CC)c1ccc(Nc2nc(NCC3CCCN3CC)nc(NC3CCCCCC3)n2)cc1I. The molecule has 8 nitrogen and oxygen atoms in total. The van der Waals surface area contributed by atoms with Crippen LogP contribution in [0.5, 0.6) is 0 Å². The summed E-state index contributed by atoms with van der Waals surface area (Å²) in [6.45, 7) is 11.7. The molecular weight excluding hydrogens is 563 g/mol. The first kappa shape index (κ1) is 27.2. The number of halogens is 1. The van der Waals surface area contributed by atoms with Crippen LogP contribution in [-0.2, 0) is 0 Å². The van der Waals surface area contributed by atoms with Crippen molar-refractivity contribution in [2.24, 2.45) is 0 Å². The quantitative estimate of drug-likeness (QED) is 0.209. The van der Waals surface area contributed by atoms with Crippen molar-refractivity contribution in [2.45, 2.75) is 84.2 Å². The summed E-state index contributed by atoms with van der Waals surface area (Å²) >= 11 is 2.42. The van der Waals surface area contributed by atoms with E-state index in [1.807, 2.05) is 0 Å². The second-order valence-corrected chi connectivity index (χ2v) is 11.1. The maximum absolute atomic E-state index is 4.78. The lowest BCUT2D eigenvalue weighted by atomic mass is 10.1. The van der Waals surface area contributed by atoms with Crippen molar-refractivity contribution >= 4 is 51.8 Å². The van der Waals surface area contributed by atoms with E-state index in [0.29, 0.717) is 29.9 Å². The molecule has 9 heteroatoms. The van der Waals surface area contributed by atoms with E-state index in [1.165, 1.54) is 67.2 Å². The molecule has 1 saturated heterocycles. The Kier molecular flexibility index (Phi) is 10.3. The minimum Gasteiger partial charge on any atom is -0.371 e. The van der Waals surface area contributed by atoms with E-state index >= 15 is 0 Å². The molecule has 3 N–H and O–H groups in total. The first-order valence-corrected chi connectivity index (χ1v) is 15.0. The molecule has 2 aromatic rings. The van der Waals surface area contributed by atoms with E-state index in [1.54, 1.807) is 0 Å². The van der Waals surface area contributed by atoms with Gasteiger partial charge >= 0.3 is 0 Å². The molecule has 1 aliphatic carbocycles. The highest BCUT2D eigenvalue weighted by Crippen LogP contribution is 2.28. The van der Waals surface area contributed by atoms with Gasteiger partial charge in [0.2, 0.25) is 17.8 Å². The minimum atomic E-state index is 0.426. The molecule has 2 fully saturated rings. The Morgan fingerprint density at radius 3 is 2.33 bits per heavy atom. The van der Waals surface area contributed by atoms with Gasteiger partial charge in [0.15, 0.2) is 0 Å². The van der Waals surface area contributed by atoms with Crippen LogP contribution in [0.15, 0.2) is 18.2 Å². The minimum absolute atomic E-state index is 0.426. The first-order valence-electron chi connectivity index (χ1n) is 13.9. The number of rotatable bonds is 11. The van der Waals surface area contributed by atoms with Gasteiger partial charge in [0.1, 0.15) is 0 Å². The molecular formula is C27H43IN8. The smallest absolute Gasteiger partial charge is 0.233 e. The maximum atomic E-state index is 4.78. The van der Waals surface area contributed by atoms with Crippen molar-refractivity contribution in [3.05, 3.63) is 21.8 Å². The largest absolute Gasteiger partial charge is 0.371 e. The van der Waals surface area contributed by atoms with Crippen LogP contribution in [0.3, 0.4) is 0 Å². The predicted octanol–water partition coefficient (Wildman–Crippen LogP) is 6.10. The summed E-state index contributed by atoms with van der Waals surface area (Å²) in [6.07, 6.45) is 10.0. The van der Waals surface area contributed by atoms with Crippen molar-refractivity contribution in [1.29, 1.82) is 0 Å². The zero-order chi connectivity index (χ0) is 25.3. The summed E-state index contributed by atoms with van der Waals surface area (Å²) in [4.78, 5) is 19.2. The highest BCUT2D eigenvalue weighted by Gasteiger charge is 2.23. The monoisotopic (exact) mass is 606 g/mol. The van der Waals surface area contributed by atoms with Crippen molar-refractivity contribution in [1.82, 2.24) is 19.9 Å². The van der Waals surface area contributed by atoms with Gasteiger partial charge in [-0.3, -0.25) is 4.90 Å². The summed E-state index contributed by atoms with van der Waals surface area (Å²) in [5.41, 5.74) is 2.25. The summed E-state index contributed by atoms with van der Waals surface area (Å²) in [5.74, 6) is 1.88. The van der Waals surface area contributed by atoms with Crippen LogP contribution in [0, 0.1) is 3.57 Å². The Hall–Kier alpha value is -1.88. The highest BCUT2D eigenvalue weighted by molar-refractivity contribution is 14.1. The van der Waals surface area contributed by atoms with E-state index in [-0.39, 0.29) is 0 Å². The summed E-state index contributed by atoms with van der Waals surface area (Å²) in [7, 11) is 0. The van der Waals surface area contributed by atoms with Crippen LogP contribution < -0.4 is 20.9 Å². The van der Waals surface area contributed by atoms with Gasteiger partial charge in [-0.25, -0.2) is 0 Å². The van der Waals surface area contributed by atoms with Gasteiger partial charge < -0.3 is 20.9 Å². The number of aromatic nitrogens is 3. The summed E-state index contributed by atoms with van der Waals surface area (Å²) in [5, 5.41) is 10.6. The Labute approximate surface area is 230 Å². The van der Waals surface area contributed by atoms with Gasteiger partial charge in [0.05, 0.1) is 5.69 Å². The van der Waals surface area contributed by atoms with Gasteiger partial charge in [0.25, 0.3) is 0 Å². The molecule has 2 heterocycles. The second kappa shape index (κ2) is 13.6. The van der Waals surface area contributed by atoms with Crippen LogP contribution in [0.25, 0.3) is 0 Å². The Morgan fingerprint density at radius 2 is 1.64 bits per heavy atom. The molecule has 0 radical (unpaired) electrons. The van der Waals surface area contributed by atoms with Crippen molar-refractivity contribution in [3.8, 4) is 0 Å². The van der Waals surface area contributed by atoms with Crippen LogP contribution in [0.1, 0.15) is 72.1 Å². The summed E-state index contributed by atoms with van der Waals surface area (Å²) in [6, 6.07) is 7.43. The van der Waals surface area contributed by atoms with Crippen molar-refractivity contribution in [3.63, 3.8) is 0 Å². The molecule has 36 heavy (non-hydrogen) atoms. The molecule has 0 spiro atoms. The Bertz CT molecular complexity index is 959. The van der Waals surface area contributed by atoms with Crippen molar-refractivity contribution < 1.29 is 0 Å². The van der Waals surface area contributed by atoms with Gasteiger partial charge in [-0.05, 0) is 93.4 Å². The normalized spacial score (nSPS) is 19.2. The van der Waals surface area contributed by atoms with Crippen LogP contribution >= 0.6 is 22.6 Å². The fraction of sp³-hybridized carbons (Fsp3) is 0.667. The number of nitrogens with one attached hydrogen (secondary N) is 3. The number of hydrogen-bond donors (Lipinski definition) is 3. The second-order valence-electron chi connectivity index (χ2n) is 9.91. The van der Waals surface area contributed by atoms with Gasteiger partial charge in [-0.15, -0.1) is 0 Å². The van der Waals surface area contributed by atoms with Gasteiger partial charge in [0, 0.05) is 41.0 Å². The molecule has 1 aromatic heterocycles. The number of benzene rings is 1. The zero-order valence-electron chi connectivity index (χ0n) is 22.2. The van der Waals surface area contributed by atoms with E-state index in [9.17, 15) is 0 Å². The number of nitrogens with zero attached hydrogens (tertiary/aromatic N) is 5. The fourth-order valence-electron chi connectivity index (χ4n) is 5.47. The fourth-order valence-corrected chi connectivity index (χ4v) is 6.32. The molecule has 4 rings (SSSR count). The molecule has 2 aliphatic rings. The van der Waals surface area contributed by atoms with Gasteiger partial charge in [-0.2, -0.15) is 15.0 Å². The molecule has 1 saturated carbocycles. The van der Waals surface area contributed by atoms with Crippen LogP contribution in [-0.4, -0.2) is 64.7 Å². The number of likely N-dealkylation sites (tertiary alicyclic amines) is 1. The molecule has 1 atom stereocenters. The highest BCUT2D eigenvalue weighted by atomic mass is 127. The lowest BCUT2D eigenvalue weighted by Crippen LogP contribution is -2.35. The van der Waals surface area contributed by atoms with Crippen LogP contribution in [0.4, 0.5) is 29.2 Å². The molecule has 198 valence electrons.